The molecule has 0 saturated heterocycles. The normalized spacial score (nSPS) is 17.3. The van der Waals surface area contributed by atoms with E-state index in [-0.39, 0.29) is 0 Å². The van der Waals surface area contributed by atoms with Gasteiger partial charge in [-0.25, -0.2) is 0 Å². The predicted molar refractivity (Wildman–Crippen MR) is 46.6 cm³/mol. The van der Waals surface area contributed by atoms with Gasteiger partial charge in [0.1, 0.15) is 0 Å². The van der Waals surface area contributed by atoms with E-state index in [9.17, 15) is 4.21 Å². The Kier molecular flexibility index (Phi) is 4.91. The molecule has 2 atom stereocenters. The highest BCUT2D eigenvalue weighted by Crippen LogP contribution is 2.01. The van der Waals surface area contributed by atoms with Gasteiger partial charge in [0, 0.05) is 28.9 Å². The summed E-state index contributed by atoms with van der Waals surface area (Å²) in [4.78, 5) is 0. The molecule has 10 heavy (non-hydrogen) atoms. The van der Waals surface area contributed by atoms with E-state index in [0.717, 1.165) is 5.75 Å². The summed E-state index contributed by atoms with van der Waals surface area (Å²) in [6.45, 7) is 4.27. The topological polar surface area (TPSA) is 29.1 Å². The fraction of sp³-hybridized carbons (Fsp3) is 1.00. The molecule has 0 fully saturated rings. The average Bonchev–Trinajstić information content (AvgIpc) is 1.81. The maximum Gasteiger partial charge on any atom is 0.0388 e. The van der Waals surface area contributed by atoms with Crippen LogP contribution in [0, 0.1) is 5.92 Å². The van der Waals surface area contributed by atoms with E-state index in [1.807, 2.05) is 7.05 Å². The Morgan fingerprint density at radius 1 is 1.50 bits per heavy atom. The minimum atomic E-state index is -0.679. The third-order valence-corrected chi connectivity index (χ3v) is 2.42. The second-order valence-electron chi connectivity index (χ2n) is 2.88. The molecule has 0 aliphatic heterocycles. The van der Waals surface area contributed by atoms with Crippen LogP contribution in [0.1, 0.15) is 13.8 Å². The molecule has 1 N–H and O–H groups in total. The van der Waals surface area contributed by atoms with Gasteiger partial charge in [-0.15, -0.1) is 0 Å². The first-order valence-corrected chi connectivity index (χ1v) is 5.28. The zero-order valence-corrected chi connectivity index (χ0v) is 7.99. The van der Waals surface area contributed by atoms with Gasteiger partial charge in [-0.05, 0) is 13.0 Å². The van der Waals surface area contributed by atoms with Crippen molar-refractivity contribution in [2.75, 3.05) is 19.1 Å². The van der Waals surface area contributed by atoms with Crippen molar-refractivity contribution < 1.29 is 4.21 Å². The van der Waals surface area contributed by atoms with Crippen LogP contribution in [0.15, 0.2) is 0 Å². The SMILES string of the molecule is CNC(CS(C)=O)C(C)C. The van der Waals surface area contributed by atoms with Gasteiger partial charge in [-0.1, -0.05) is 13.8 Å². The molecule has 0 rings (SSSR count). The Hall–Kier alpha value is 0.110. The molecule has 0 aliphatic rings. The highest BCUT2D eigenvalue weighted by molar-refractivity contribution is 7.84. The molecule has 2 unspecified atom stereocenters. The van der Waals surface area contributed by atoms with Crippen molar-refractivity contribution in [1.82, 2.24) is 5.32 Å². The van der Waals surface area contributed by atoms with E-state index < -0.39 is 10.8 Å². The van der Waals surface area contributed by atoms with Crippen LogP contribution in [0.25, 0.3) is 0 Å². The van der Waals surface area contributed by atoms with Crippen molar-refractivity contribution in [3.05, 3.63) is 0 Å². The van der Waals surface area contributed by atoms with Crippen molar-refractivity contribution in [1.29, 1.82) is 0 Å². The lowest BCUT2D eigenvalue weighted by molar-refractivity contribution is 0.462. The van der Waals surface area contributed by atoms with Crippen LogP contribution >= 0.6 is 0 Å². The second-order valence-corrected chi connectivity index (χ2v) is 4.36. The van der Waals surface area contributed by atoms with Gasteiger partial charge >= 0.3 is 0 Å². The monoisotopic (exact) mass is 163 g/mol. The van der Waals surface area contributed by atoms with Crippen LogP contribution in [0.2, 0.25) is 0 Å². The summed E-state index contributed by atoms with van der Waals surface area (Å²) in [7, 11) is 1.24. The molecule has 0 radical (unpaired) electrons. The Morgan fingerprint density at radius 2 is 2.00 bits per heavy atom. The zero-order chi connectivity index (χ0) is 8.15. The van der Waals surface area contributed by atoms with Crippen molar-refractivity contribution in [3.63, 3.8) is 0 Å². The third-order valence-electron chi connectivity index (χ3n) is 1.59. The molecule has 0 aliphatic carbocycles. The van der Waals surface area contributed by atoms with E-state index in [1.54, 1.807) is 6.26 Å². The van der Waals surface area contributed by atoms with Crippen LogP contribution in [0.5, 0.6) is 0 Å². The van der Waals surface area contributed by atoms with Gasteiger partial charge in [0.15, 0.2) is 0 Å². The van der Waals surface area contributed by atoms with E-state index >= 15 is 0 Å². The molecular formula is C7H17NOS. The molecule has 0 aromatic carbocycles. The van der Waals surface area contributed by atoms with Gasteiger partial charge in [0.05, 0.1) is 0 Å². The summed E-state index contributed by atoms with van der Waals surface area (Å²) >= 11 is 0. The summed E-state index contributed by atoms with van der Waals surface area (Å²) in [5, 5.41) is 3.14. The summed E-state index contributed by atoms with van der Waals surface area (Å²) in [6, 6.07) is 0.394. The van der Waals surface area contributed by atoms with E-state index in [0.29, 0.717) is 12.0 Å². The maximum absolute atomic E-state index is 10.8. The summed E-state index contributed by atoms with van der Waals surface area (Å²) in [5.74, 6) is 1.32. The Balaban J connectivity index is 3.71. The predicted octanol–water partition coefficient (Wildman–Crippen LogP) is 0.609. The smallest absolute Gasteiger partial charge is 0.0388 e. The van der Waals surface area contributed by atoms with Crippen molar-refractivity contribution in [2.45, 2.75) is 19.9 Å². The molecule has 62 valence electrons. The van der Waals surface area contributed by atoms with Gasteiger partial charge in [0.25, 0.3) is 0 Å². The number of rotatable bonds is 4. The molecule has 0 bridgehead atoms. The highest BCUT2D eigenvalue weighted by atomic mass is 32.2. The van der Waals surface area contributed by atoms with E-state index in [4.69, 9.17) is 0 Å². The standard InChI is InChI=1S/C7H17NOS/c1-6(2)7(8-3)5-10(4)9/h6-8H,5H2,1-4H3. The maximum atomic E-state index is 10.8. The van der Waals surface area contributed by atoms with Crippen LogP contribution in [0.4, 0.5) is 0 Å². The van der Waals surface area contributed by atoms with Gasteiger partial charge in [0.2, 0.25) is 0 Å². The van der Waals surface area contributed by atoms with E-state index in [1.165, 1.54) is 0 Å². The Bertz CT molecular complexity index is 114. The number of nitrogens with one attached hydrogen (secondary N) is 1. The average molecular weight is 163 g/mol. The molecule has 0 spiro atoms. The summed E-state index contributed by atoms with van der Waals surface area (Å²) in [5.41, 5.74) is 0. The summed E-state index contributed by atoms with van der Waals surface area (Å²) < 4.78 is 10.8. The van der Waals surface area contributed by atoms with Crippen molar-refractivity contribution in [3.8, 4) is 0 Å². The first-order chi connectivity index (χ1) is 4.57. The first-order valence-electron chi connectivity index (χ1n) is 3.55. The molecular weight excluding hydrogens is 146 g/mol. The van der Waals surface area contributed by atoms with Crippen LogP contribution in [-0.4, -0.2) is 29.3 Å². The fourth-order valence-corrected chi connectivity index (χ4v) is 1.92. The lowest BCUT2D eigenvalue weighted by Gasteiger charge is -2.18. The molecule has 0 aromatic rings. The molecule has 2 nitrogen and oxygen atoms in total. The number of hydrogen-bond donors (Lipinski definition) is 1. The van der Waals surface area contributed by atoms with E-state index in [2.05, 4.69) is 19.2 Å². The molecule has 3 heteroatoms. The Morgan fingerprint density at radius 3 is 2.10 bits per heavy atom. The molecule has 0 heterocycles. The van der Waals surface area contributed by atoms with Crippen LogP contribution in [-0.2, 0) is 10.8 Å². The minimum Gasteiger partial charge on any atom is -0.316 e. The minimum absolute atomic E-state index is 0.394. The molecule has 0 aromatic heterocycles. The van der Waals surface area contributed by atoms with Crippen molar-refractivity contribution >= 4 is 10.8 Å². The fourth-order valence-electron chi connectivity index (χ4n) is 0.862. The Labute approximate surface area is 65.9 Å². The highest BCUT2D eigenvalue weighted by Gasteiger charge is 2.11. The van der Waals surface area contributed by atoms with Gasteiger partial charge in [-0.2, -0.15) is 0 Å². The molecule has 0 saturated carbocycles. The summed E-state index contributed by atoms with van der Waals surface area (Å²) in [6.07, 6.45) is 1.74. The zero-order valence-electron chi connectivity index (χ0n) is 7.18. The van der Waals surface area contributed by atoms with Gasteiger partial charge < -0.3 is 5.32 Å². The lowest BCUT2D eigenvalue weighted by Crippen LogP contribution is -2.35. The van der Waals surface area contributed by atoms with Crippen molar-refractivity contribution in [2.24, 2.45) is 5.92 Å². The van der Waals surface area contributed by atoms with Gasteiger partial charge in [-0.3, -0.25) is 4.21 Å². The third kappa shape index (κ3) is 4.01. The second kappa shape index (κ2) is 4.85. The van der Waals surface area contributed by atoms with Crippen LogP contribution < -0.4 is 5.32 Å². The van der Waals surface area contributed by atoms with Crippen LogP contribution in [0.3, 0.4) is 0 Å². The quantitative estimate of drug-likeness (QED) is 0.658. The first kappa shape index (κ1) is 10.1. The molecule has 0 amide bonds. The number of hydrogen-bond acceptors (Lipinski definition) is 2. The lowest BCUT2D eigenvalue weighted by atomic mass is 10.1. The largest absolute Gasteiger partial charge is 0.316 e.